The number of ether oxygens (including phenoxy) is 1. The Bertz CT molecular complexity index is 1280. The molecule has 3 aromatic rings. The molecule has 4 N–H and O–H groups in total. The molecule has 1 fully saturated rings. The third kappa shape index (κ3) is 4.27. The molecule has 0 spiro atoms. The topological polar surface area (TPSA) is 104 Å². The van der Waals surface area contributed by atoms with Gasteiger partial charge in [0, 0.05) is 22.6 Å². The zero-order valence-corrected chi connectivity index (χ0v) is 21.4. The Labute approximate surface area is 210 Å². The fraction of sp³-hybridized carbons (Fsp3) is 0.464. The number of hydrogen-bond donors (Lipinski definition) is 4. The van der Waals surface area contributed by atoms with Crippen molar-refractivity contribution >= 4 is 22.5 Å². The summed E-state index contributed by atoms with van der Waals surface area (Å²) in [4.78, 5) is 13.6. The van der Waals surface area contributed by atoms with Gasteiger partial charge in [0.15, 0.2) is 0 Å². The zero-order chi connectivity index (χ0) is 26.5. The van der Waals surface area contributed by atoms with Gasteiger partial charge in [-0.05, 0) is 41.7 Å². The molecule has 7 nitrogen and oxygen atoms in total. The first-order valence-electron chi connectivity index (χ1n) is 12.1. The first-order valence-corrected chi connectivity index (χ1v) is 12.1. The van der Waals surface area contributed by atoms with E-state index in [0.29, 0.717) is 28.8 Å². The van der Waals surface area contributed by atoms with Gasteiger partial charge in [0.2, 0.25) is 5.91 Å². The number of rotatable bonds is 9. The fourth-order valence-corrected chi connectivity index (χ4v) is 5.22. The van der Waals surface area contributed by atoms with Crippen LogP contribution in [0, 0.1) is 11.2 Å². The van der Waals surface area contributed by atoms with Crippen molar-refractivity contribution in [1.29, 1.82) is 0 Å². The van der Waals surface area contributed by atoms with Crippen LogP contribution in [0.2, 0.25) is 0 Å². The summed E-state index contributed by atoms with van der Waals surface area (Å²) in [5.74, 6) is -0.186. The molecule has 1 aromatic heterocycles. The number of amides is 1. The van der Waals surface area contributed by atoms with Crippen LogP contribution in [-0.4, -0.2) is 52.2 Å². The van der Waals surface area contributed by atoms with Gasteiger partial charge in [-0.3, -0.25) is 4.79 Å². The molecule has 0 saturated heterocycles. The number of aromatic nitrogens is 1. The summed E-state index contributed by atoms with van der Waals surface area (Å²) >= 11 is 0. The molecule has 194 valence electrons. The first kappa shape index (κ1) is 26.1. The molecule has 1 unspecified atom stereocenters. The number of aliphatic hydroxyl groups is 3. The number of carbonyl (C=O) groups is 1. The van der Waals surface area contributed by atoms with Gasteiger partial charge in [0.25, 0.3) is 0 Å². The summed E-state index contributed by atoms with van der Waals surface area (Å²) in [6.45, 7) is 7.16. The van der Waals surface area contributed by atoms with Crippen molar-refractivity contribution in [1.82, 2.24) is 4.57 Å². The molecule has 1 amide bonds. The van der Waals surface area contributed by atoms with Crippen molar-refractivity contribution in [2.75, 3.05) is 25.6 Å². The number of hydrogen-bond acceptors (Lipinski definition) is 5. The third-order valence-electron chi connectivity index (χ3n) is 7.64. The minimum Gasteiger partial charge on any atom is -0.497 e. The van der Waals surface area contributed by atoms with Crippen LogP contribution in [0.3, 0.4) is 0 Å². The van der Waals surface area contributed by atoms with Gasteiger partial charge in [-0.2, -0.15) is 0 Å². The van der Waals surface area contributed by atoms with Gasteiger partial charge in [-0.15, -0.1) is 0 Å². The Kier molecular flexibility index (Phi) is 6.66. The normalized spacial score (nSPS) is 19.8. The average Bonchev–Trinajstić information content (AvgIpc) is 3.29. The van der Waals surface area contributed by atoms with E-state index in [1.165, 1.54) is 6.07 Å². The molecule has 36 heavy (non-hydrogen) atoms. The summed E-state index contributed by atoms with van der Waals surface area (Å²) in [6, 6.07) is 12.1. The quantitative estimate of drug-likeness (QED) is 0.360. The summed E-state index contributed by atoms with van der Waals surface area (Å²) in [6.07, 6.45) is -0.413. The maximum atomic E-state index is 15.4. The van der Waals surface area contributed by atoms with Gasteiger partial charge >= 0.3 is 0 Å². The van der Waals surface area contributed by atoms with Gasteiger partial charge in [0.05, 0.1) is 49.6 Å². The highest BCUT2D eigenvalue weighted by molar-refractivity contribution is 6.04. The van der Waals surface area contributed by atoms with Gasteiger partial charge < -0.3 is 29.9 Å². The van der Waals surface area contributed by atoms with E-state index in [1.54, 1.807) is 17.7 Å². The minimum absolute atomic E-state index is 0.0404. The lowest BCUT2D eigenvalue weighted by atomic mass is 9.87. The van der Waals surface area contributed by atoms with Crippen molar-refractivity contribution in [2.24, 2.45) is 5.41 Å². The van der Waals surface area contributed by atoms with Crippen LogP contribution in [0.4, 0.5) is 10.1 Å². The Morgan fingerprint density at radius 1 is 1.19 bits per heavy atom. The monoisotopic (exact) mass is 498 g/mol. The summed E-state index contributed by atoms with van der Waals surface area (Å²) in [5, 5.41) is 32.9. The van der Waals surface area contributed by atoms with Crippen LogP contribution in [0.15, 0.2) is 42.5 Å². The van der Waals surface area contributed by atoms with Crippen molar-refractivity contribution in [3.05, 3.63) is 59.5 Å². The maximum Gasteiger partial charge on any atom is 0.235 e. The van der Waals surface area contributed by atoms with Gasteiger partial charge in [-0.25, -0.2) is 4.39 Å². The van der Waals surface area contributed by atoms with E-state index in [9.17, 15) is 20.1 Å². The van der Waals surface area contributed by atoms with Crippen LogP contribution >= 0.6 is 0 Å². The molecular weight excluding hydrogens is 463 g/mol. The second-order valence-corrected chi connectivity index (χ2v) is 11.1. The van der Waals surface area contributed by atoms with E-state index in [1.807, 2.05) is 58.0 Å². The highest BCUT2D eigenvalue weighted by Crippen LogP contribution is 2.64. The smallest absolute Gasteiger partial charge is 0.235 e. The Hall–Kier alpha value is -2.94. The highest BCUT2D eigenvalue weighted by atomic mass is 19.1. The molecule has 1 saturated carbocycles. The van der Waals surface area contributed by atoms with Crippen LogP contribution in [0.5, 0.6) is 5.75 Å². The largest absolute Gasteiger partial charge is 0.497 e. The molecular formula is C28H35FN2O5. The zero-order valence-electron chi connectivity index (χ0n) is 21.4. The molecule has 4 rings (SSSR count). The van der Waals surface area contributed by atoms with E-state index in [-0.39, 0.29) is 30.2 Å². The summed E-state index contributed by atoms with van der Waals surface area (Å²) in [7, 11) is 1.59. The number of halogens is 1. The number of anilines is 1. The number of fused-ring (bicyclic) bond motifs is 1. The number of carbonyl (C=O) groups excluding carboxylic acids is 1. The predicted octanol–water partition coefficient (Wildman–Crippen LogP) is 3.72. The standard InChI is InChI=1S/C28H35FN2O5/c1-26(2,16-33)24-11-17-10-22(21(29)12-23(17)31(24)13-19(34)14-32)30-25(35)28(15-27(28,3)4)18-6-8-20(36-5)9-7-18/h6-12,19,32-34H,13-16H2,1-5H3,(H,30,35)/t19-,28?/m1/s1. The predicted molar refractivity (Wildman–Crippen MR) is 137 cm³/mol. The lowest BCUT2D eigenvalue weighted by Gasteiger charge is -2.25. The van der Waals surface area contributed by atoms with Crippen molar-refractivity contribution < 1.29 is 29.2 Å². The van der Waals surface area contributed by atoms with Crippen LogP contribution in [0.1, 0.15) is 45.4 Å². The molecule has 1 aliphatic carbocycles. The summed E-state index contributed by atoms with van der Waals surface area (Å²) < 4.78 is 22.3. The molecule has 2 atom stereocenters. The molecule has 0 radical (unpaired) electrons. The van der Waals surface area contributed by atoms with Gasteiger partial charge in [0.1, 0.15) is 11.6 Å². The summed E-state index contributed by atoms with van der Waals surface area (Å²) in [5.41, 5.74) is 0.347. The SMILES string of the molecule is COc1ccc(C2(C(=O)Nc3cc4cc(C(C)(C)CO)n(C[C@@H](O)CO)c4cc3F)CC2(C)C)cc1. The van der Waals surface area contributed by atoms with E-state index in [2.05, 4.69) is 5.32 Å². The molecule has 0 aliphatic heterocycles. The van der Waals surface area contributed by atoms with E-state index >= 15 is 4.39 Å². The molecule has 1 heterocycles. The third-order valence-corrected chi connectivity index (χ3v) is 7.64. The number of nitrogens with one attached hydrogen (secondary N) is 1. The maximum absolute atomic E-state index is 15.4. The Balaban J connectivity index is 1.73. The first-order chi connectivity index (χ1) is 16.9. The lowest BCUT2D eigenvalue weighted by molar-refractivity contribution is -0.119. The van der Waals surface area contributed by atoms with Crippen LogP contribution < -0.4 is 10.1 Å². The van der Waals surface area contributed by atoms with E-state index in [4.69, 9.17) is 4.74 Å². The minimum atomic E-state index is -1.04. The van der Waals surface area contributed by atoms with Crippen LogP contribution in [-0.2, 0) is 22.2 Å². The van der Waals surface area contributed by atoms with E-state index in [0.717, 1.165) is 5.56 Å². The second kappa shape index (κ2) is 9.18. The Morgan fingerprint density at radius 2 is 1.83 bits per heavy atom. The number of nitrogens with zero attached hydrogens (tertiary/aromatic N) is 1. The van der Waals surface area contributed by atoms with Crippen molar-refractivity contribution in [2.45, 2.75) is 57.6 Å². The van der Waals surface area contributed by atoms with Crippen molar-refractivity contribution in [3.63, 3.8) is 0 Å². The fourth-order valence-electron chi connectivity index (χ4n) is 5.22. The second-order valence-electron chi connectivity index (χ2n) is 11.1. The van der Waals surface area contributed by atoms with Gasteiger partial charge in [-0.1, -0.05) is 39.8 Å². The molecule has 8 heteroatoms. The Morgan fingerprint density at radius 3 is 2.36 bits per heavy atom. The highest BCUT2D eigenvalue weighted by Gasteiger charge is 2.67. The lowest BCUT2D eigenvalue weighted by Crippen LogP contribution is -2.32. The van der Waals surface area contributed by atoms with Crippen LogP contribution in [0.25, 0.3) is 10.9 Å². The molecule has 2 aromatic carbocycles. The van der Waals surface area contributed by atoms with Crippen molar-refractivity contribution in [3.8, 4) is 5.75 Å². The molecule has 1 aliphatic rings. The number of benzene rings is 2. The van der Waals surface area contributed by atoms with E-state index < -0.39 is 29.4 Å². The molecule has 0 bridgehead atoms. The number of aliphatic hydroxyl groups excluding tert-OH is 3. The number of methoxy groups -OCH3 is 1. The average molecular weight is 499 g/mol.